The molecule has 0 aromatic carbocycles. The van der Waals surface area contributed by atoms with Gasteiger partial charge in [-0.05, 0) is 48.7 Å². The second kappa shape index (κ2) is 4.25. The zero-order chi connectivity index (χ0) is 12.6. The minimum atomic E-state index is -0.290. The maximum atomic E-state index is 12.0. The van der Waals surface area contributed by atoms with Crippen LogP contribution in [0.3, 0.4) is 0 Å². The lowest BCUT2D eigenvalue weighted by Crippen LogP contribution is -2.39. The van der Waals surface area contributed by atoms with Crippen molar-refractivity contribution < 1.29 is 9.59 Å². The van der Waals surface area contributed by atoms with E-state index in [0.29, 0.717) is 11.5 Å². The Balaban J connectivity index is 2.37. The van der Waals surface area contributed by atoms with Gasteiger partial charge in [-0.2, -0.15) is 0 Å². The highest BCUT2D eigenvalue weighted by Gasteiger charge is 2.44. The van der Waals surface area contributed by atoms with Gasteiger partial charge in [0.2, 0.25) is 0 Å². The highest BCUT2D eigenvalue weighted by atomic mass is 16.1. The first kappa shape index (κ1) is 12.3. The van der Waals surface area contributed by atoms with Crippen LogP contribution in [-0.4, -0.2) is 12.1 Å². The molecule has 0 amide bonds. The van der Waals surface area contributed by atoms with Crippen molar-refractivity contribution in [2.45, 2.75) is 39.5 Å². The maximum absolute atomic E-state index is 12.0. The SMILES string of the molecule is C=C(C=O)C1C[C@@]2(C)C(=CC1=O)CCC[C@@H]2C. The van der Waals surface area contributed by atoms with Gasteiger partial charge in [0.15, 0.2) is 5.78 Å². The van der Waals surface area contributed by atoms with Crippen LogP contribution in [0.2, 0.25) is 0 Å². The van der Waals surface area contributed by atoms with Gasteiger partial charge in [0.25, 0.3) is 0 Å². The fourth-order valence-corrected chi connectivity index (χ4v) is 3.28. The fourth-order valence-electron chi connectivity index (χ4n) is 3.28. The van der Waals surface area contributed by atoms with E-state index in [9.17, 15) is 9.59 Å². The molecule has 2 rings (SSSR count). The van der Waals surface area contributed by atoms with Crippen LogP contribution >= 0.6 is 0 Å². The van der Waals surface area contributed by atoms with E-state index in [1.54, 1.807) is 6.08 Å². The summed E-state index contributed by atoms with van der Waals surface area (Å²) >= 11 is 0. The maximum Gasteiger partial charge on any atom is 0.163 e. The second-order valence-corrected chi connectivity index (χ2v) is 5.73. The Morgan fingerprint density at radius 2 is 2.29 bits per heavy atom. The largest absolute Gasteiger partial charge is 0.298 e. The Labute approximate surface area is 103 Å². The highest BCUT2D eigenvalue weighted by molar-refractivity contribution is 5.99. The first-order valence-electron chi connectivity index (χ1n) is 6.38. The number of aldehydes is 1. The summed E-state index contributed by atoms with van der Waals surface area (Å²) in [5.41, 5.74) is 1.81. The second-order valence-electron chi connectivity index (χ2n) is 5.73. The number of allylic oxidation sites excluding steroid dienone is 3. The minimum absolute atomic E-state index is 0.0728. The number of rotatable bonds is 2. The molecule has 0 aliphatic heterocycles. The van der Waals surface area contributed by atoms with Crippen molar-refractivity contribution in [2.75, 3.05) is 0 Å². The van der Waals surface area contributed by atoms with Gasteiger partial charge in [0.1, 0.15) is 6.29 Å². The number of hydrogen-bond donors (Lipinski definition) is 0. The third-order valence-corrected chi connectivity index (χ3v) is 4.79. The molecule has 1 fully saturated rings. The molecule has 1 saturated carbocycles. The number of ketones is 1. The molecule has 0 aromatic rings. The quantitative estimate of drug-likeness (QED) is 0.541. The molecule has 2 aliphatic rings. The molecule has 0 N–H and O–H groups in total. The normalized spacial score (nSPS) is 37.1. The molecule has 17 heavy (non-hydrogen) atoms. The van der Waals surface area contributed by atoms with Gasteiger partial charge < -0.3 is 0 Å². The van der Waals surface area contributed by atoms with Crippen LogP contribution in [0.5, 0.6) is 0 Å². The van der Waals surface area contributed by atoms with E-state index < -0.39 is 0 Å². The summed E-state index contributed by atoms with van der Waals surface area (Å²) in [7, 11) is 0. The zero-order valence-electron chi connectivity index (χ0n) is 10.7. The predicted octanol–water partition coefficient (Wildman–Crippen LogP) is 3.08. The number of carbonyl (C=O) groups is 2. The van der Waals surface area contributed by atoms with E-state index in [4.69, 9.17) is 0 Å². The van der Waals surface area contributed by atoms with Crippen LogP contribution in [0.1, 0.15) is 39.5 Å². The highest BCUT2D eigenvalue weighted by Crippen LogP contribution is 2.51. The summed E-state index contributed by atoms with van der Waals surface area (Å²) in [4.78, 5) is 22.8. The van der Waals surface area contributed by atoms with Crippen molar-refractivity contribution in [3.05, 3.63) is 23.8 Å². The van der Waals surface area contributed by atoms with E-state index in [2.05, 4.69) is 20.4 Å². The van der Waals surface area contributed by atoms with Gasteiger partial charge in [-0.1, -0.05) is 26.0 Å². The van der Waals surface area contributed by atoms with Crippen molar-refractivity contribution >= 4 is 12.1 Å². The third kappa shape index (κ3) is 1.90. The van der Waals surface area contributed by atoms with Gasteiger partial charge in [-0.25, -0.2) is 0 Å². The molecule has 2 nitrogen and oxygen atoms in total. The summed E-state index contributed by atoms with van der Waals surface area (Å²) in [6, 6.07) is 0. The third-order valence-electron chi connectivity index (χ3n) is 4.79. The van der Waals surface area contributed by atoms with Crippen LogP contribution < -0.4 is 0 Å². The molecule has 2 aliphatic carbocycles. The predicted molar refractivity (Wildman–Crippen MR) is 67.5 cm³/mol. The van der Waals surface area contributed by atoms with Crippen LogP contribution in [0.15, 0.2) is 23.8 Å². The van der Waals surface area contributed by atoms with Crippen molar-refractivity contribution in [3.8, 4) is 0 Å². The van der Waals surface area contributed by atoms with Gasteiger partial charge in [-0.3, -0.25) is 9.59 Å². The molecule has 0 saturated heterocycles. The van der Waals surface area contributed by atoms with Crippen molar-refractivity contribution in [1.29, 1.82) is 0 Å². The van der Waals surface area contributed by atoms with Crippen LogP contribution in [0.25, 0.3) is 0 Å². The Bertz CT molecular complexity index is 405. The summed E-state index contributed by atoms with van der Waals surface area (Å²) < 4.78 is 0. The first-order chi connectivity index (χ1) is 7.99. The van der Waals surface area contributed by atoms with Crippen LogP contribution in [0, 0.1) is 17.3 Å². The Kier molecular flexibility index (Phi) is 3.07. The Morgan fingerprint density at radius 1 is 1.59 bits per heavy atom. The van der Waals surface area contributed by atoms with E-state index in [-0.39, 0.29) is 17.1 Å². The lowest BCUT2D eigenvalue weighted by molar-refractivity contribution is -0.120. The lowest BCUT2D eigenvalue weighted by Gasteiger charge is -2.46. The van der Waals surface area contributed by atoms with E-state index in [1.165, 1.54) is 18.4 Å². The van der Waals surface area contributed by atoms with Crippen molar-refractivity contribution in [2.24, 2.45) is 17.3 Å². The molecular formula is C15H20O2. The Hall–Kier alpha value is -1.18. The average Bonchev–Trinajstić information content (AvgIpc) is 2.31. The monoisotopic (exact) mass is 232 g/mol. The molecule has 92 valence electrons. The topological polar surface area (TPSA) is 34.1 Å². The van der Waals surface area contributed by atoms with E-state index in [1.807, 2.05) is 0 Å². The molecular weight excluding hydrogens is 212 g/mol. The zero-order valence-corrected chi connectivity index (χ0v) is 10.7. The average molecular weight is 232 g/mol. The molecule has 3 atom stereocenters. The summed E-state index contributed by atoms with van der Waals surface area (Å²) in [6.45, 7) is 8.21. The molecule has 1 unspecified atom stereocenters. The molecule has 2 heteroatoms. The fraction of sp³-hybridized carbons (Fsp3) is 0.600. The molecule has 0 radical (unpaired) electrons. The van der Waals surface area contributed by atoms with Gasteiger partial charge in [0.05, 0.1) is 5.92 Å². The van der Waals surface area contributed by atoms with E-state index in [0.717, 1.165) is 19.1 Å². The number of carbonyl (C=O) groups excluding carboxylic acids is 2. The number of fused-ring (bicyclic) bond motifs is 1. The number of hydrogen-bond acceptors (Lipinski definition) is 2. The molecule has 0 heterocycles. The van der Waals surface area contributed by atoms with Crippen molar-refractivity contribution in [1.82, 2.24) is 0 Å². The molecule has 0 bridgehead atoms. The van der Waals surface area contributed by atoms with Crippen LogP contribution in [0.4, 0.5) is 0 Å². The van der Waals surface area contributed by atoms with Gasteiger partial charge in [0, 0.05) is 0 Å². The first-order valence-corrected chi connectivity index (χ1v) is 6.38. The molecule has 0 spiro atoms. The van der Waals surface area contributed by atoms with Crippen molar-refractivity contribution in [3.63, 3.8) is 0 Å². The molecule has 0 aromatic heterocycles. The lowest BCUT2D eigenvalue weighted by atomic mass is 9.58. The summed E-state index contributed by atoms with van der Waals surface area (Å²) in [5, 5.41) is 0. The van der Waals surface area contributed by atoms with Gasteiger partial charge in [-0.15, -0.1) is 0 Å². The van der Waals surface area contributed by atoms with Crippen LogP contribution in [-0.2, 0) is 9.59 Å². The standard InChI is InChI=1S/C15H20O2/c1-10(9-16)13-8-15(3)11(2)5-4-6-12(15)7-14(13)17/h7,9,11,13H,1,4-6,8H2,2-3H3/t11-,13?,15+/m0/s1. The minimum Gasteiger partial charge on any atom is -0.298 e. The van der Waals surface area contributed by atoms with E-state index >= 15 is 0 Å². The smallest absolute Gasteiger partial charge is 0.163 e. The summed E-state index contributed by atoms with van der Waals surface area (Å²) in [6.07, 6.45) is 6.71. The Morgan fingerprint density at radius 3 is 2.94 bits per heavy atom. The summed E-state index contributed by atoms with van der Waals surface area (Å²) in [5.74, 6) is 0.364. The van der Waals surface area contributed by atoms with Gasteiger partial charge >= 0.3 is 0 Å².